The van der Waals surface area contributed by atoms with E-state index in [1.54, 1.807) is 36.4 Å². The number of nitrogens with two attached hydrogens (primary N) is 1. The van der Waals surface area contributed by atoms with E-state index in [-0.39, 0.29) is 17.7 Å². The number of carbonyl (C=O) groups is 1. The first kappa shape index (κ1) is 19.6. The van der Waals surface area contributed by atoms with Gasteiger partial charge in [0.2, 0.25) is 0 Å². The predicted molar refractivity (Wildman–Crippen MR) is 103 cm³/mol. The Morgan fingerprint density at radius 1 is 1.08 bits per heavy atom. The Labute approximate surface area is 154 Å². The van der Waals surface area contributed by atoms with E-state index in [0.717, 1.165) is 31.2 Å². The van der Waals surface area contributed by atoms with E-state index < -0.39 is 6.03 Å². The van der Waals surface area contributed by atoms with Crippen molar-refractivity contribution in [1.82, 2.24) is 5.32 Å². The monoisotopic (exact) mass is 357 g/mol. The number of phenols is 2. The van der Waals surface area contributed by atoms with E-state index in [9.17, 15) is 15.0 Å². The van der Waals surface area contributed by atoms with Crippen molar-refractivity contribution in [3.05, 3.63) is 54.1 Å². The van der Waals surface area contributed by atoms with Crippen molar-refractivity contribution in [2.75, 3.05) is 11.4 Å². The van der Waals surface area contributed by atoms with Crippen LogP contribution in [0.1, 0.15) is 31.7 Å². The lowest BCUT2D eigenvalue weighted by Gasteiger charge is -2.31. The van der Waals surface area contributed by atoms with E-state index in [1.807, 2.05) is 12.1 Å². The summed E-state index contributed by atoms with van der Waals surface area (Å²) in [6.45, 7) is 2.77. The van der Waals surface area contributed by atoms with Crippen molar-refractivity contribution in [2.24, 2.45) is 5.73 Å². The first-order valence-electron chi connectivity index (χ1n) is 8.90. The number of rotatable bonds is 9. The van der Waals surface area contributed by atoms with Gasteiger partial charge in [-0.25, -0.2) is 4.79 Å². The van der Waals surface area contributed by atoms with Gasteiger partial charge in [-0.15, -0.1) is 0 Å². The zero-order valence-electron chi connectivity index (χ0n) is 15.1. The molecule has 0 aliphatic heterocycles. The smallest absolute Gasteiger partial charge is 0.320 e. The Morgan fingerprint density at radius 3 is 2.19 bits per heavy atom. The molecule has 0 aliphatic rings. The average Bonchev–Trinajstić information content (AvgIpc) is 2.62. The molecule has 2 aromatic rings. The molecule has 5 N–H and O–H groups in total. The van der Waals surface area contributed by atoms with Crippen molar-refractivity contribution >= 4 is 11.7 Å². The predicted octanol–water partition coefficient (Wildman–Crippen LogP) is 3.33. The first-order valence-corrected chi connectivity index (χ1v) is 8.90. The molecule has 0 radical (unpaired) electrons. The van der Waals surface area contributed by atoms with Crippen molar-refractivity contribution in [3.8, 4) is 11.5 Å². The summed E-state index contributed by atoms with van der Waals surface area (Å²) in [6, 6.07) is 13.0. The Hall–Kier alpha value is -2.73. The van der Waals surface area contributed by atoms with Gasteiger partial charge in [0.15, 0.2) is 0 Å². The second kappa shape index (κ2) is 9.68. The molecule has 0 heterocycles. The molecule has 2 amide bonds. The molecule has 6 heteroatoms. The molecule has 0 aromatic heterocycles. The quantitative estimate of drug-likeness (QED) is 0.517. The van der Waals surface area contributed by atoms with Gasteiger partial charge in [-0.2, -0.15) is 0 Å². The van der Waals surface area contributed by atoms with Gasteiger partial charge in [0.1, 0.15) is 11.5 Å². The summed E-state index contributed by atoms with van der Waals surface area (Å²) in [5.74, 6) is 0.387. The summed E-state index contributed by atoms with van der Waals surface area (Å²) in [7, 11) is 0. The van der Waals surface area contributed by atoms with Gasteiger partial charge in [-0.1, -0.05) is 31.9 Å². The summed E-state index contributed by atoms with van der Waals surface area (Å²) in [6.07, 6.45) is 3.28. The van der Waals surface area contributed by atoms with Crippen molar-refractivity contribution in [2.45, 2.75) is 38.8 Å². The van der Waals surface area contributed by atoms with Crippen molar-refractivity contribution in [1.29, 1.82) is 0 Å². The van der Waals surface area contributed by atoms with Gasteiger partial charge in [-0.3, -0.25) is 10.2 Å². The standard InChI is InChI=1S/C20H27N3O3/c1-2-3-4-19(22-14-13-15-5-9-17(24)10-6-15)23(20(21)26)16-7-11-18(25)12-8-16/h5-12,19,22,24-25H,2-4,13-14H2,1H3,(H2,21,26). The van der Waals surface area contributed by atoms with Crippen LogP contribution in [0.25, 0.3) is 0 Å². The van der Waals surface area contributed by atoms with E-state index in [4.69, 9.17) is 5.73 Å². The Kier molecular flexibility index (Phi) is 7.29. The number of primary amides is 1. The fraction of sp³-hybridized carbons (Fsp3) is 0.350. The van der Waals surface area contributed by atoms with Crippen LogP contribution in [0.5, 0.6) is 11.5 Å². The number of aromatic hydroxyl groups is 2. The lowest BCUT2D eigenvalue weighted by atomic mass is 10.1. The van der Waals surface area contributed by atoms with Crippen molar-refractivity contribution in [3.63, 3.8) is 0 Å². The Morgan fingerprint density at radius 2 is 1.65 bits per heavy atom. The summed E-state index contributed by atoms with van der Waals surface area (Å²) in [5.41, 5.74) is 7.38. The molecule has 1 atom stereocenters. The third-order valence-corrected chi connectivity index (χ3v) is 4.24. The van der Waals surface area contributed by atoms with E-state index in [2.05, 4.69) is 12.2 Å². The van der Waals surface area contributed by atoms with Crippen LogP contribution in [0, 0.1) is 0 Å². The van der Waals surface area contributed by atoms with Crippen LogP contribution in [0.2, 0.25) is 0 Å². The van der Waals surface area contributed by atoms with Crippen LogP contribution in [-0.2, 0) is 6.42 Å². The molecule has 2 aromatic carbocycles. The van der Waals surface area contributed by atoms with Gasteiger partial charge in [0.05, 0.1) is 6.17 Å². The molecule has 0 aliphatic carbocycles. The number of unbranched alkanes of at least 4 members (excludes halogenated alkanes) is 1. The zero-order valence-corrected chi connectivity index (χ0v) is 15.1. The number of hydrogen-bond acceptors (Lipinski definition) is 4. The van der Waals surface area contributed by atoms with Crippen LogP contribution in [0.15, 0.2) is 48.5 Å². The second-order valence-electron chi connectivity index (χ2n) is 6.25. The van der Waals surface area contributed by atoms with Crippen LogP contribution >= 0.6 is 0 Å². The fourth-order valence-corrected chi connectivity index (χ4v) is 2.84. The van der Waals surface area contributed by atoms with Crippen LogP contribution in [-0.4, -0.2) is 29.0 Å². The average molecular weight is 357 g/mol. The molecule has 0 fully saturated rings. The van der Waals surface area contributed by atoms with Crippen LogP contribution in [0.4, 0.5) is 10.5 Å². The number of nitrogens with zero attached hydrogens (tertiary/aromatic N) is 1. The highest BCUT2D eigenvalue weighted by Gasteiger charge is 2.22. The number of urea groups is 1. The molecule has 0 saturated heterocycles. The molecule has 0 spiro atoms. The number of carbonyl (C=O) groups excluding carboxylic acids is 1. The maximum absolute atomic E-state index is 12.1. The highest BCUT2D eigenvalue weighted by molar-refractivity contribution is 5.91. The third kappa shape index (κ3) is 5.67. The lowest BCUT2D eigenvalue weighted by Crippen LogP contribution is -2.51. The molecular formula is C20H27N3O3. The maximum Gasteiger partial charge on any atom is 0.320 e. The molecule has 26 heavy (non-hydrogen) atoms. The minimum absolute atomic E-state index is 0.142. The second-order valence-corrected chi connectivity index (χ2v) is 6.25. The molecule has 1 unspecified atom stereocenters. The highest BCUT2D eigenvalue weighted by atomic mass is 16.3. The minimum Gasteiger partial charge on any atom is -0.508 e. The largest absolute Gasteiger partial charge is 0.508 e. The van der Waals surface area contributed by atoms with Crippen molar-refractivity contribution < 1.29 is 15.0 Å². The normalized spacial score (nSPS) is 11.9. The van der Waals surface area contributed by atoms with Gasteiger partial charge in [0, 0.05) is 12.2 Å². The summed E-state index contributed by atoms with van der Waals surface area (Å²) in [5, 5.41) is 22.2. The highest BCUT2D eigenvalue weighted by Crippen LogP contribution is 2.22. The number of hydrogen-bond donors (Lipinski definition) is 4. The molecular weight excluding hydrogens is 330 g/mol. The number of nitrogens with one attached hydrogen (secondary N) is 1. The number of phenolic OH excluding ortho intramolecular Hbond substituents is 2. The fourth-order valence-electron chi connectivity index (χ4n) is 2.84. The van der Waals surface area contributed by atoms with Crippen LogP contribution < -0.4 is 16.0 Å². The van der Waals surface area contributed by atoms with Crippen LogP contribution in [0.3, 0.4) is 0 Å². The third-order valence-electron chi connectivity index (χ3n) is 4.24. The Bertz CT molecular complexity index is 686. The van der Waals surface area contributed by atoms with Gasteiger partial charge >= 0.3 is 6.03 Å². The number of amides is 2. The van der Waals surface area contributed by atoms with Gasteiger partial charge in [-0.05, 0) is 54.8 Å². The molecule has 2 rings (SSSR count). The SMILES string of the molecule is CCCCC(NCCc1ccc(O)cc1)N(C(N)=O)c1ccc(O)cc1. The van der Waals surface area contributed by atoms with E-state index in [0.29, 0.717) is 12.2 Å². The maximum atomic E-state index is 12.1. The van der Waals surface area contributed by atoms with E-state index >= 15 is 0 Å². The molecule has 0 saturated carbocycles. The van der Waals surface area contributed by atoms with Gasteiger partial charge < -0.3 is 15.9 Å². The summed E-state index contributed by atoms with van der Waals surface area (Å²) >= 11 is 0. The molecule has 140 valence electrons. The molecule has 0 bridgehead atoms. The van der Waals surface area contributed by atoms with Gasteiger partial charge in [0.25, 0.3) is 0 Å². The summed E-state index contributed by atoms with van der Waals surface area (Å²) < 4.78 is 0. The zero-order chi connectivity index (χ0) is 18.9. The number of benzene rings is 2. The molecule has 6 nitrogen and oxygen atoms in total. The summed E-state index contributed by atoms with van der Waals surface area (Å²) in [4.78, 5) is 13.6. The lowest BCUT2D eigenvalue weighted by molar-refractivity contribution is 0.249. The minimum atomic E-state index is -0.533. The Balaban J connectivity index is 2.08. The number of anilines is 1. The van der Waals surface area contributed by atoms with E-state index in [1.165, 1.54) is 4.90 Å². The topological polar surface area (TPSA) is 98.8 Å². The first-order chi connectivity index (χ1) is 12.5.